The predicted molar refractivity (Wildman–Crippen MR) is 82.6 cm³/mol. The molecule has 1 saturated heterocycles. The molecule has 110 valence electrons. The molecule has 20 heavy (non-hydrogen) atoms. The number of hydrogen-bond donors (Lipinski definition) is 1. The SMILES string of the molecule is Cc1ccccc1C(C)CC(=O)N1CCC(C)(CN)C1. The first kappa shape index (κ1) is 15.0. The lowest BCUT2D eigenvalue weighted by Gasteiger charge is -2.24. The first-order valence-corrected chi connectivity index (χ1v) is 7.48. The summed E-state index contributed by atoms with van der Waals surface area (Å²) in [6.07, 6.45) is 1.61. The van der Waals surface area contributed by atoms with Gasteiger partial charge >= 0.3 is 0 Å². The monoisotopic (exact) mass is 274 g/mol. The molecule has 1 aliphatic heterocycles. The Balaban J connectivity index is 1.97. The summed E-state index contributed by atoms with van der Waals surface area (Å²) in [7, 11) is 0. The minimum atomic E-state index is 0.113. The van der Waals surface area contributed by atoms with Gasteiger partial charge in [-0.2, -0.15) is 0 Å². The summed E-state index contributed by atoms with van der Waals surface area (Å²) < 4.78 is 0. The number of benzene rings is 1. The first-order valence-electron chi connectivity index (χ1n) is 7.48. The second-order valence-corrected chi connectivity index (χ2v) is 6.54. The van der Waals surface area contributed by atoms with Gasteiger partial charge in [-0.15, -0.1) is 0 Å². The van der Waals surface area contributed by atoms with Crippen molar-refractivity contribution in [3.63, 3.8) is 0 Å². The number of carbonyl (C=O) groups excluding carboxylic acids is 1. The molecule has 0 spiro atoms. The van der Waals surface area contributed by atoms with Crippen molar-refractivity contribution in [2.75, 3.05) is 19.6 Å². The third kappa shape index (κ3) is 3.21. The molecular weight excluding hydrogens is 248 g/mol. The minimum Gasteiger partial charge on any atom is -0.342 e. The standard InChI is InChI=1S/C17H26N2O/c1-13-6-4-5-7-15(13)14(2)10-16(20)19-9-8-17(3,11-18)12-19/h4-7,14H,8-12,18H2,1-3H3. The Morgan fingerprint density at radius 2 is 2.15 bits per heavy atom. The Bertz CT molecular complexity index is 486. The Morgan fingerprint density at radius 3 is 2.75 bits per heavy atom. The zero-order valence-electron chi connectivity index (χ0n) is 12.9. The predicted octanol–water partition coefficient (Wildman–Crippen LogP) is 2.69. The molecule has 0 aliphatic carbocycles. The van der Waals surface area contributed by atoms with Gasteiger partial charge in [-0.1, -0.05) is 38.1 Å². The fraction of sp³-hybridized carbons (Fsp3) is 0.588. The lowest BCUT2D eigenvalue weighted by Crippen LogP contribution is -2.34. The lowest BCUT2D eigenvalue weighted by atomic mass is 9.90. The minimum absolute atomic E-state index is 0.113. The van der Waals surface area contributed by atoms with Crippen LogP contribution in [0.2, 0.25) is 0 Å². The highest BCUT2D eigenvalue weighted by Crippen LogP contribution is 2.30. The molecule has 1 aromatic carbocycles. The van der Waals surface area contributed by atoms with Gasteiger partial charge < -0.3 is 10.6 Å². The van der Waals surface area contributed by atoms with Crippen molar-refractivity contribution >= 4 is 5.91 Å². The number of carbonyl (C=O) groups is 1. The summed E-state index contributed by atoms with van der Waals surface area (Å²) in [6.45, 7) is 8.74. The van der Waals surface area contributed by atoms with E-state index in [0.717, 1.165) is 19.5 Å². The molecule has 1 amide bonds. The molecule has 2 N–H and O–H groups in total. The fourth-order valence-corrected chi connectivity index (χ4v) is 3.04. The summed E-state index contributed by atoms with van der Waals surface area (Å²) >= 11 is 0. The molecule has 1 heterocycles. The van der Waals surface area contributed by atoms with Crippen molar-refractivity contribution in [1.29, 1.82) is 0 Å². The first-order chi connectivity index (χ1) is 9.45. The highest BCUT2D eigenvalue weighted by Gasteiger charge is 2.35. The maximum absolute atomic E-state index is 12.4. The fourth-order valence-electron chi connectivity index (χ4n) is 3.04. The maximum atomic E-state index is 12.4. The molecule has 0 aromatic heterocycles. The normalized spacial score (nSPS) is 23.9. The number of amides is 1. The summed E-state index contributed by atoms with van der Waals surface area (Å²) in [4.78, 5) is 14.4. The van der Waals surface area contributed by atoms with Crippen LogP contribution in [0.5, 0.6) is 0 Å². The van der Waals surface area contributed by atoms with Crippen LogP contribution in [0.3, 0.4) is 0 Å². The second-order valence-electron chi connectivity index (χ2n) is 6.54. The van der Waals surface area contributed by atoms with Gasteiger partial charge in [0.25, 0.3) is 0 Å². The van der Waals surface area contributed by atoms with Gasteiger partial charge in [0.2, 0.25) is 5.91 Å². The third-order valence-corrected chi connectivity index (χ3v) is 4.60. The van der Waals surface area contributed by atoms with Gasteiger partial charge in [-0.25, -0.2) is 0 Å². The number of likely N-dealkylation sites (tertiary alicyclic amines) is 1. The zero-order chi connectivity index (χ0) is 14.8. The number of hydrogen-bond acceptors (Lipinski definition) is 2. The largest absolute Gasteiger partial charge is 0.342 e. The van der Waals surface area contributed by atoms with Crippen LogP contribution in [0.15, 0.2) is 24.3 Å². The Hall–Kier alpha value is -1.35. The zero-order valence-corrected chi connectivity index (χ0v) is 12.9. The molecule has 0 saturated carbocycles. The second kappa shape index (κ2) is 5.96. The third-order valence-electron chi connectivity index (χ3n) is 4.60. The van der Waals surface area contributed by atoms with Crippen LogP contribution in [0.1, 0.15) is 43.7 Å². The number of aryl methyl sites for hydroxylation is 1. The van der Waals surface area contributed by atoms with E-state index in [0.29, 0.717) is 13.0 Å². The number of nitrogens with zero attached hydrogens (tertiary/aromatic N) is 1. The highest BCUT2D eigenvalue weighted by molar-refractivity contribution is 5.77. The van der Waals surface area contributed by atoms with Crippen LogP contribution < -0.4 is 5.73 Å². The topological polar surface area (TPSA) is 46.3 Å². The van der Waals surface area contributed by atoms with E-state index in [-0.39, 0.29) is 17.2 Å². The Kier molecular flexibility index (Phi) is 4.48. The Morgan fingerprint density at radius 1 is 1.45 bits per heavy atom. The van der Waals surface area contributed by atoms with Crippen molar-refractivity contribution in [1.82, 2.24) is 4.90 Å². The van der Waals surface area contributed by atoms with Crippen LogP contribution in [-0.2, 0) is 4.79 Å². The molecular formula is C17H26N2O. The average molecular weight is 274 g/mol. The van der Waals surface area contributed by atoms with E-state index < -0.39 is 0 Å². The smallest absolute Gasteiger partial charge is 0.223 e. The molecule has 2 rings (SSSR count). The summed E-state index contributed by atoms with van der Waals surface area (Å²) in [5.74, 6) is 0.534. The van der Waals surface area contributed by atoms with E-state index in [9.17, 15) is 4.79 Å². The summed E-state index contributed by atoms with van der Waals surface area (Å²) in [6, 6.07) is 8.32. The van der Waals surface area contributed by atoms with Crippen molar-refractivity contribution in [2.24, 2.45) is 11.1 Å². The highest BCUT2D eigenvalue weighted by atomic mass is 16.2. The number of rotatable bonds is 4. The van der Waals surface area contributed by atoms with Gasteiger partial charge in [0.05, 0.1) is 0 Å². The molecule has 2 unspecified atom stereocenters. The molecule has 3 nitrogen and oxygen atoms in total. The molecule has 1 aliphatic rings. The van der Waals surface area contributed by atoms with E-state index in [1.54, 1.807) is 0 Å². The van der Waals surface area contributed by atoms with Crippen molar-refractivity contribution < 1.29 is 4.79 Å². The van der Waals surface area contributed by atoms with Crippen LogP contribution in [0.25, 0.3) is 0 Å². The van der Waals surface area contributed by atoms with Gasteiger partial charge in [-0.05, 0) is 42.3 Å². The molecule has 1 aromatic rings. The summed E-state index contributed by atoms with van der Waals surface area (Å²) in [5, 5.41) is 0. The van der Waals surface area contributed by atoms with Crippen molar-refractivity contribution in [2.45, 2.75) is 39.5 Å². The summed E-state index contributed by atoms with van der Waals surface area (Å²) in [5.41, 5.74) is 8.46. The average Bonchev–Trinajstić information content (AvgIpc) is 2.83. The van der Waals surface area contributed by atoms with E-state index in [4.69, 9.17) is 5.73 Å². The quantitative estimate of drug-likeness (QED) is 0.917. The van der Waals surface area contributed by atoms with Crippen LogP contribution in [-0.4, -0.2) is 30.4 Å². The number of nitrogens with two attached hydrogens (primary N) is 1. The van der Waals surface area contributed by atoms with Crippen LogP contribution >= 0.6 is 0 Å². The van der Waals surface area contributed by atoms with Crippen molar-refractivity contribution in [3.05, 3.63) is 35.4 Å². The molecule has 2 atom stereocenters. The van der Waals surface area contributed by atoms with E-state index in [1.165, 1.54) is 11.1 Å². The van der Waals surface area contributed by atoms with Crippen LogP contribution in [0.4, 0.5) is 0 Å². The van der Waals surface area contributed by atoms with Crippen molar-refractivity contribution in [3.8, 4) is 0 Å². The van der Waals surface area contributed by atoms with Gasteiger partial charge in [0.15, 0.2) is 0 Å². The van der Waals surface area contributed by atoms with Gasteiger partial charge in [-0.3, -0.25) is 4.79 Å². The lowest BCUT2D eigenvalue weighted by molar-refractivity contribution is -0.130. The van der Waals surface area contributed by atoms with E-state index >= 15 is 0 Å². The van der Waals surface area contributed by atoms with E-state index in [1.807, 2.05) is 17.0 Å². The molecule has 1 fully saturated rings. The Labute approximate surface area is 122 Å². The van der Waals surface area contributed by atoms with Gasteiger partial charge in [0, 0.05) is 19.5 Å². The molecule has 3 heteroatoms. The van der Waals surface area contributed by atoms with Crippen LogP contribution in [0, 0.1) is 12.3 Å². The molecule has 0 radical (unpaired) electrons. The molecule has 0 bridgehead atoms. The van der Waals surface area contributed by atoms with E-state index in [2.05, 4.69) is 32.9 Å². The maximum Gasteiger partial charge on any atom is 0.223 e. The van der Waals surface area contributed by atoms with Gasteiger partial charge in [0.1, 0.15) is 0 Å².